The standard InChI is InChI=1S/C29H28N2O8/c1-35-19-8-6-17(7-9-19)28(33)23-15-31(24-14-26(39-5)25(38-4)13-22(24)29(23)34)16-27(32)30-18-10-20(36-2)12-21(11-18)37-3/h6-15H,16H2,1-5H3,(H,30,32). The fourth-order valence-corrected chi connectivity index (χ4v) is 4.14. The van der Waals surface area contributed by atoms with Crippen LogP contribution in [0.4, 0.5) is 5.69 Å². The van der Waals surface area contributed by atoms with Crippen molar-refractivity contribution < 1.29 is 33.3 Å². The van der Waals surface area contributed by atoms with E-state index >= 15 is 0 Å². The molecule has 1 heterocycles. The zero-order valence-corrected chi connectivity index (χ0v) is 22.2. The number of hydrogen-bond acceptors (Lipinski definition) is 8. The third-order valence-corrected chi connectivity index (χ3v) is 6.13. The van der Waals surface area contributed by atoms with Gasteiger partial charge >= 0.3 is 0 Å². The molecule has 10 nitrogen and oxygen atoms in total. The number of methoxy groups -OCH3 is 5. The largest absolute Gasteiger partial charge is 0.497 e. The van der Waals surface area contributed by atoms with Crippen LogP contribution in [0.15, 0.2) is 65.6 Å². The van der Waals surface area contributed by atoms with Gasteiger partial charge in [0.25, 0.3) is 0 Å². The number of nitrogens with one attached hydrogen (secondary N) is 1. The summed E-state index contributed by atoms with van der Waals surface area (Å²) in [5.74, 6) is 1.36. The molecule has 0 spiro atoms. The molecule has 1 amide bonds. The average Bonchev–Trinajstić information content (AvgIpc) is 2.97. The Kier molecular flexibility index (Phi) is 8.04. The number of ether oxygens (including phenoxy) is 5. The Labute approximate surface area is 224 Å². The van der Waals surface area contributed by atoms with Crippen LogP contribution in [0.1, 0.15) is 15.9 Å². The maximum Gasteiger partial charge on any atom is 0.244 e. The molecule has 0 atom stereocenters. The molecule has 0 aliphatic carbocycles. The Balaban J connectivity index is 1.80. The normalized spacial score (nSPS) is 10.6. The summed E-state index contributed by atoms with van der Waals surface area (Å²) < 4.78 is 28.0. The van der Waals surface area contributed by atoms with Crippen molar-refractivity contribution >= 4 is 28.3 Å². The van der Waals surface area contributed by atoms with Crippen molar-refractivity contribution in [2.75, 3.05) is 40.9 Å². The minimum absolute atomic E-state index is 0.101. The molecule has 3 aromatic carbocycles. The molecule has 0 unspecified atom stereocenters. The molecule has 4 aromatic rings. The summed E-state index contributed by atoms with van der Waals surface area (Å²) >= 11 is 0. The van der Waals surface area contributed by atoms with Crippen molar-refractivity contribution in [3.8, 4) is 28.7 Å². The summed E-state index contributed by atoms with van der Waals surface area (Å²) in [5, 5.41) is 3.01. The lowest BCUT2D eigenvalue weighted by Crippen LogP contribution is -2.24. The van der Waals surface area contributed by atoms with E-state index in [9.17, 15) is 14.4 Å². The highest BCUT2D eigenvalue weighted by molar-refractivity contribution is 6.10. The van der Waals surface area contributed by atoms with Gasteiger partial charge in [-0.3, -0.25) is 14.4 Å². The zero-order valence-electron chi connectivity index (χ0n) is 22.2. The van der Waals surface area contributed by atoms with Crippen molar-refractivity contribution in [2.24, 2.45) is 0 Å². The van der Waals surface area contributed by atoms with Gasteiger partial charge in [-0.15, -0.1) is 0 Å². The van der Waals surface area contributed by atoms with E-state index in [1.807, 2.05) is 0 Å². The second-order valence-corrected chi connectivity index (χ2v) is 8.43. The van der Waals surface area contributed by atoms with E-state index in [2.05, 4.69) is 5.32 Å². The highest BCUT2D eigenvalue weighted by Crippen LogP contribution is 2.32. The van der Waals surface area contributed by atoms with Crippen molar-refractivity contribution in [3.63, 3.8) is 0 Å². The summed E-state index contributed by atoms with van der Waals surface area (Å²) in [7, 11) is 7.46. The maximum atomic E-state index is 13.5. The first-order valence-corrected chi connectivity index (χ1v) is 11.8. The molecule has 0 aliphatic rings. The molecule has 4 rings (SSSR count). The van der Waals surface area contributed by atoms with E-state index in [4.69, 9.17) is 23.7 Å². The summed E-state index contributed by atoms with van der Waals surface area (Å²) in [4.78, 5) is 40.1. The van der Waals surface area contributed by atoms with Crippen LogP contribution in [0, 0.1) is 0 Å². The number of nitrogens with zero attached hydrogens (tertiary/aromatic N) is 1. The number of hydrogen-bond donors (Lipinski definition) is 1. The second-order valence-electron chi connectivity index (χ2n) is 8.43. The maximum absolute atomic E-state index is 13.5. The van der Waals surface area contributed by atoms with Crippen LogP contribution in [0.2, 0.25) is 0 Å². The Hall–Kier alpha value is -4.99. The molecule has 0 radical (unpaired) electrons. The van der Waals surface area contributed by atoms with Crippen LogP contribution in [0.25, 0.3) is 10.9 Å². The second kappa shape index (κ2) is 11.6. The van der Waals surface area contributed by atoms with E-state index in [-0.39, 0.29) is 17.5 Å². The molecule has 1 N–H and O–H groups in total. The van der Waals surface area contributed by atoms with Gasteiger partial charge in [0, 0.05) is 41.7 Å². The van der Waals surface area contributed by atoms with Gasteiger partial charge in [-0.1, -0.05) is 0 Å². The zero-order chi connectivity index (χ0) is 28.1. The highest BCUT2D eigenvalue weighted by atomic mass is 16.5. The van der Waals surface area contributed by atoms with E-state index in [1.165, 1.54) is 52.4 Å². The predicted octanol–water partition coefficient (Wildman–Crippen LogP) is 3.91. The summed E-state index contributed by atoms with van der Waals surface area (Å²) in [6.45, 7) is -0.214. The first-order valence-electron chi connectivity index (χ1n) is 11.8. The van der Waals surface area contributed by atoms with Gasteiger partial charge in [-0.2, -0.15) is 0 Å². The minimum Gasteiger partial charge on any atom is -0.497 e. The molecule has 1 aromatic heterocycles. The number of carbonyl (C=O) groups excluding carboxylic acids is 2. The number of carbonyl (C=O) groups is 2. The molecular formula is C29H28N2O8. The van der Waals surface area contributed by atoms with Gasteiger partial charge in [-0.25, -0.2) is 0 Å². The molecule has 0 fully saturated rings. The topological polar surface area (TPSA) is 114 Å². The number of pyridine rings is 1. The quantitative estimate of drug-likeness (QED) is 0.306. The summed E-state index contributed by atoms with van der Waals surface area (Å²) in [6, 6.07) is 14.5. The lowest BCUT2D eigenvalue weighted by molar-refractivity contribution is -0.116. The van der Waals surface area contributed by atoms with Crippen LogP contribution < -0.4 is 34.4 Å². The molecule has 39 heavy (non-hydrogen) atoms. The monoisotopic (exact) mass is 532 g/mol. The molecule has 202 valence electrons. The number of fused-ring (bicyclic) bond motifs is 1. The number of ketones is 1. The molecule has 10 heteroatoms. The van der Waals surface area contributed by atoms with E-state index in [0.29, 0.717) is 45.5 Å². The third-order valence-electron chi connectivity index (χ3n) is 6.13. The van der Waals surface area contributed by atoms with Crippen molar-refractivity contribution in [3.05, 3.63) is 82.1 Å². The van der Waals surface area contributed by atoms with Crippen molar-refractivity contribution in [1.82, 2.24) is 4.57 Å². The fourth-order valence-electron chi connectivity index (χ4n) is 4.14. The Morgan fingerprint density at radius 1 is 0.744 bits per heavy atom. The fraction of sp³-hybridized carbons (Fsp3) is 0.207. The van der Waals surface area contributed by atoms with Crippen LogP contribution in [0.5, 0.6) is 28.7 Å². The van der Waals surface area contributed by atoms with Gasteiger partial charge in [-0.05, 0) is 30.3 Å². The molecule has 0 aliphatic heterocycles. The number of amides is 1. The number of benzene rings is 3. The summed E-state index contributed by atoms with van der Waals surface area (Å²) in [5.41, 5.74) is 0.543. The van der Waals surface area contributed by atoms with Crippen molar-refractivity contribution in [2.45, 2.75) is 6.54 Å². The molecule has 0 bridgehead atoms. The van der Waals surface area contributed by atoms with Gasteiger partial charge in [0.1, 0.15) is 23.8 Å². The van der Waals surface area contributed by atoms with Crippen LogP contribution in [-0.4, -0.2) is 51.8 Å². The Bertz CT molecular complexity index is 1570. The Morgan fingerprint density at radius 3 is 1.90 bits per heavy atom. The van der Waals surface area contributed by atoms with Crippen LogP contribution in [-0.2, 0) is 11.3 Å². The van der Waals surface area contributed by atoms with Crippen LogP contribution >= 0.6 is 0 Å². The molecular weight excluding hydrogens is 504 g/mol. The van der Waals surface area contributed by atoms with Gasteiger partial charge in [0.15, 0.2) is 17.3 Å². The third kappa shape index (κ3) is 5.64. The minimum atomic E-state index is -0.499. The lowest BCUT2D eigenvalue weighted by Gasteiger charge is -2.16. The smallest absolute Gasteiger partial charge is 0.244 e. The lowest BCUT2D eigenvalue weighted by atomic mass is 10.0. The van der Waals surface area contributed by atoms with Crippen LogP contribution in [0.3, 0.4) is 0 Å². The Morgan fingerprint density at radius 2 is 1.33 bits per heavy atom. The molecule has 0 saturated carbocycles. The van der Waals surface area contributed by atoms with Gasteiger partial charge in [0.2, 0.25) is 11.3 Å². The predicted molar refractivity (Wildman–Crippen MR) is 146 cm³/mol. The highest BCUT2D eigenvalue weighted by Gasteiger charge is 2.21. The van der Waals surface area contributed by atoms with E-state index in [0.717, 1.165) is 0 Å². The van der Waals surface area contributed by atoms with E-state index < -0.39 is 17.1 Å². The summed E-state index contributed by atoms with van der Waals surface area (Å²) in [6.07, 6.45) is 1.38. The number of aromatic nitrogens is 1. The molecule has 0 saturated heterocycles. The van der Waals surface area contributed by atoms with Gasteiger partial charge in [0.05, 0.1) is 52.0 Å². The van der Waals surface area contributed by atoms with E-state index in [1.54, 1.807) is 48.5 Å². The average molecular weight is 533 g/mol. The van der Waals surface area contributed by atoms with Crippen molar-refractivity contribution in [1.29, 1.82) is 0 Å². The van der Waals surface area contributed by atoms with Gasteiger partial charge < -0.3 is 33.6 Å². The SMILES string of the molecule is COc1ccc(C(=O)c2cn(CC(=O)Nc3cc(OC)cc(OC)c3)c3cc(OC)c(OC)cc3c2=O)cc1. The number of anilines is 1. The first-order chi connectivity index (χ1) is 18.8. The first kappa shape index (κ1) is 27.1. The number of rotatable bonds is 10.